The summed E-state index contributed by atoms with van der Waals surface area (Å²) < 4.78 is 5.62. The molecule has 4 nitrogen and oxygen atoms in total. The summed E-state index contributed by atoms with van der Waals surface area (Å²) in [5, 5.41) is 2.95. The number of hydrogen-bond acceptors (Lipinski definition) is 4. The number of carbonyl (C=O) groups excluding carboxylic acids is 1. The van der Waals surface area contributed by atoms with E-state index < -0.39 is 0 Å². The quantitative estimate of drug-likeness (QED) is 0.484. The number of ether oxygens (including phenoxy) is 1. The first kappa shape index (κ1) is 20.5. The van der Waals surface area contributed by atoms with Gasteiger partial charge in [-0.3, -0.25) is 9.69 Å². The van der Waals surface area contributed by atoms with Crippen molar-refractivity contribution in [3.05, 3.63) is 65.7 Å². The standard InChI is InChI=1S/C21H28N2O2S/c1-23(15-18-9-11-20(26-2)12-10-18)16-21(24)22-13-6-14-25-17-19-7-4-3-5-8-19/h3-5,7-12H,6,13-17H2,1-2H3,(H,22,24). The van der Waals surface area contributed by atoms with Gasteiger partial charge in [0, 0.05) is 24.6 Å². The predicted octanol–water partition coefficient (Wildman–Crippen LogP) is 3.56. The fourth-order valence-corrected chi connectivity index (χ4v) is 2.97. The Morgan fingerprint density at radius 1 is 1.08 bits per heavy atom. The number of likely N-dealkylation sites (N-methyl/N-ethyl adjacent to an activating group) is 1. The van der Waals surface area contributed by atoms with E-state index in [0.29, 0.717) is 26.3 Å². The van der Waals surface area contributed by atoms with Crippen LogP contribution < -0.4 is 5.32 Å². The van der Waals surface area contributed by atoms with Crippen LogP contribution in [0, 0.1) is 0 Å². The summed E-state index contributed by atoms with van der Waals surface area (Å²) in [6, 6.07) is 18.6. The van der Waals surface area contributed by atoms with Crippen LogP contribution in [0.25, 0.3) is 0 Å². The average molecular weight is 373 g/mol. The number of rotatable bonds is 11. The lowest BCUT2D eigenvalue weighted by atomic mass is 10.2. The van der Waals surface area contributed by atoms with E-state index >= 15 is 0 Å². The van der Waals surface area contributed by atoms with Gasteiger partial charge >= 0.3 is 0 Å². The molecule has 0 saturated carbocycles. The van der Waals surface area contributed by atoms with Gasteiger partial charge in [0.05, 0.1) is 13.2 Å². The summed E-state index contributed by atoms with van der Waals surface area (Å²) in [5.74, 6) is 0.0521. The molecule has 0 saturated heterocycles. The molecule has 1 amide bonds. The largest absolute Gasteiger partial charge is 0.377 e. The van der Waals surface area contributed by atoms with Gasteiger partial charge in [-0.15, -0.1) is 11.8 Å². The van der Waals surface area contributed by atoms with E-state index in [1.807, 2.05) is 42.3 Å². The SMILES string of the molecule is CSc1ccc(CN(C)CC(=O)NCCCOCc2ccccc2)cc1. The maximum atomic E-state index is 12.0. The van der Waals surface area contributed by atoms with Crippen LogP contribution >= 0.6 is 11.8 Å². The van der Waals surface area contributed by atoms with Crippen LogP contribution in [0.1, 0.15) is 17.5 Å². The lowest BCUT2D eigenvalue weighted by Gasteiger charge is -2.16. The fourth-order valence-electron chi connectivity index (χ4n) is 2.57. The second-order valence-electron chi connectivity index (χ2n) is 6.26. The zero-order chi connectivity index (χ0) is 18.6. The van der Waals surface area contributed by atoms with Gasteiger partial charge in [-0.2, -0.15) is 0 Å². The molecule has 26 heavy (non-hydrogen) atoms. The fraction of sp³-hybridized carbons (Fsp3) is 0.381. The lowest BCUT2D eigenvalue weighted by molar-refractivity contribution is -0.122. The molecule has 140 valence electrons. The van der Waals surface area contributed by atoms with E-state index in [2.05, 4.69) is 35.8 Å². The highest BCUT2D eigenvalue weighted by Gasteiger charge is 2.06. The van der Waals surface area contributed by atoms with Gasteiger partial charge in [-0.1, -0.05) is 42.5 Å². The van der Waals surface area contributed by atoms with Gasteiger partial charge in [0.25, 0.3) is 0 Å². The molecule has 0 aliphatic carbocycles. The first-order valence-electron chi connectivity index (χ1n) is 8.87. The van der Waals surface area contributed by atoms with E-state index in [1.165, 1.54) is 16.0 Å². The second-order valence-corrected chi connectivity index (χ2v) is 7.14. The topological polar surface area (TPSA) is 41.6 Å². The Balaban J connectivity index is 1.54. The van der Waals surface area contributed by atoms with Crippen molar-refractivity contribution in [1.82, 2.24) is 10.2 Å². The molecule has 2 rings (SSSR count). The molecule has 0 aliphatic rings. The maximum Gasteiger partial charge on any atom is 0.234 e. The number of hydrogen-bond donors (Lipinski definition) is 1. The zero-order valence-electron chi connectivity index (χ0n) is 15.6. The van der Waals surface area contributed by atoms with E-state index in [1.54, 1.807) is 11.8 Å². The molecule has 0 bridgehead atoms. The zero-order valence-corrected chi connectivity index (χ0v) is 16.4. The molecule has 0 heterocycles. The van der Waals surface area contributed by atoms with Crippen molar-refractivity contribution in [3.8, 4) is 0 Å². The Kier molecular flexibility index (Phi) is 9.24. The van der Waals surface area contributed by atoms with Gasteiger partial charge < -0.3 is 10.1 Å². The van der Waals surface area contributed by atoms with Crippen LogP contribution in [-0.4, -0.2) is 43.8 Å². The molecule has 5 heteroatoms. The van der Waals surface area contributed by atoms with Crippen molar-refractivity contribution < 1.29 is 9.53 Å². The number of nitrogens with one attached hydrogen (secondary N) is 1. The highest BCUT2D eigenvalue weighted by Crippen LogP contribution is 2.15. The molecule has 1 N–H and O–H groups in total. The van der Waals surface area contributed by atoms with Gasteiger partial charge in [-0.25, -0.2) is 0 Å². The Labute approximate surface area is 160 Å². The van der Waals surface area contributed by atoms with Crippen molar-refractivity contribution in [2.24, 2.45) is 0 Å². The molecule has 0 atom stereocenters. The third-order valence-electron chi connectivity index (χ3n) is 3.92. The Morgan fingerprint density at radius 2 is 1.81 bits per heavy atom. The number of amides is 1. The van der Waals surface area contributed by atoms with E-state index in [9.17, 15) is 4.79 Å². The van der Waals surface area contributed by atoms with E-state index in [4.69, 9.17) is 4.74 Å². The molecule has 0 aliphatic heterocycles. The van der Waals surface area contributed by atoms with Crippen molar-refractivity contribution in [2.75, 3.05) is 33.0 Å². The molecular formula is C21H28N2O2S. The summed E-state index contributed by atoms with van der Waals surface area (Å²) >= 11 is 1.73. The summed E-state index contributed by atoms with van der Waals surface area (Å²) in [4.78, 5) is 15.3. The summed E-state index contributed by atoms with van der Waals surface area (Å²) in [6.07, 6.45) is 2.89. The normalized spacial score (nSPS) is 10.9. The van der Waals surface area contributed by atoms with E-state index in [0.717, 1.165) is 13.0 Å². The summed E-state index contributed by atoms with van der Waals surface area (Å²) in [7, 11) is 1.96. The Hall–Kier alpha value is -1.82. The van der Waals surface area contributed by atoms with Gasteiger partial charge in [-0.05, 0) is 43.0 Å². The van der Waals surface area contributed by atoms with Crippen LogP contribution in [-0.2, 0) is 22.7 Å². The highest BCUT2D eigenvalue weighted by molar-refractivity contribution is 7.98. The molecular weight excluding hydrogens is 344 g/mol. The third-order valence-corrected chi connectivity index (χ3v) is 4.67. The maximum absolute atomic E-state index is 12.0. The summed E-state index contributed by atoms with van der Waals surface area (Å²) in [5.41, 5.74) is 2.39. The molecule has 2 aromatic carbocycles. The van der Waals surface area contributed by atoms with Crippen molar-refractivity contribution in [1.29, 1.82) is 0 Å². The van der Waals surface area contributed by atoms with Crippen molar-refractivity contribution in [2.45, 2.75) is 24.5 Å². The van der Waals surface area contributed by atoms with Crippen molar-refractivity contribution in [3.63, 3.8) is 0 Å². The minimum Gasteiger partial charge on any atom is -0.377 e. The van der Waals surface area contributed by atoms with Crippen LogP contribution in [0.4, 0.5) is 0 Å². The van der Waals surface area contributed by atoms with Crippen molar-refractivity contribution >= 4 is 17.7 Å². The first-order valence-corrected chi connectivity index (χ1v) is 10.1. The van der Waals surface area contributed by atoms with Gasteiger partial charge in [0.15, 0.2) is 0 Å². The molecule has 0 fully saturated rings. The van der Waals surface area contributed by atoms with Crippen LogP contribution in [0.3, 0.4) is 0 Å². The molecule has 0 aromatic heterocycles. The highest BCUT2D eigenvalue weighted by atomic mass is 32.2. The molecule has 0 spiro atoms. The number of carbonyl (C=O) groups is 1. The van der Waals surface area contributed by atoms with Crippen LogP contribution in [0.5, 0.6) is 0 Å². The van der Waals surface area contributed by atoms with Crippen LogP contribution in [0.2, 0.25) is 0 Å². The smallest absolute Gasteiger partial charge is 0.234 e. The molecule has 2 aromatic rings. The number of benzene rings is 2. The van der Waals surface area contributed by atoms with Gasteiger partial charge in [0.2, 0.25) is 5.91 Å². The minimum absolute atomic E-state index is 0.0521. The lowest BCUT2D eigenvalue weighted by Crippen LogP contribution is -2.35. The summed E-state index contributed by atoms with van der Waals surface area (Å²) in [6.45, 7) is 3.07. The molecule has 0 radical (unpaired) electrons. The van der Waals surface area contributed by atoms with Crippen LogP contribution in [0.15, 0.2) is 59.5 Å². The second kappa shape index (κ2) is 11.7. The number of nitrogens with zero attached hydrogens (tertiary/aromatic N) is 1. The molecule has 0 unspecified atom stereocenters. The predicted molar refractivity (Wildman–Crippen MR) is 108 cm³/mol. The first-order chi connectivity index (χ1) is 12.7. The minimum atomic E-state index is 0.0521. The monoisotopic (exact) mass is 372 g/mol. The average Bonchev–Trinajstić information content (AvgIpc) is 2.66. The Morgan fingerprint density at radius 3 is 2.50 bits per heavy atom. The van der Waals surface area contributed by atoms with E-state index in [-0.39, 0.29) is 5.91 Å². The number of thioether (sulfide) groups is 1. The van der Waals surface area contributed by atoms with Gasteiger partial charge in [0.1, 0.15) is 0 Å². The third kappa shape index (κ3) is 8.04. The Bertz CT molecular complexity index is 647.